The van der Waals surface area contributed by atoms with Crippen LogP contribution in [0.15, 0.2) is 71.5 Å². The van der Waals surface area contributed by atoms with Gasteiger partial charge in [0, 0.05) is 11.6 Å². The number of imide groups is 1. The molecule has 196 valence electrons. The van der Waals surface area contributed by atoms with Crippen molar-refractivity contribution in [3.05, 3.63) is 99.6 Å². The second kappa shape index (κ2) is 8.20. The SMILES string of the molecule is Cc1cc(C)cc(N2C(=O)C3C(CC(C)C)NC4(c5ccccc5-n5c4nc4ccccc4c5=O)C3C2=O)c1. The zero-order valence-corrected chi connectivity index (χ0v) is 22.4. The molecular weight excluding hydrogens is 488 g/mol. The second-order valence-electron chi connectivity index (χ2n) is 11.7. The van der Waals surface area contributed by atoms with Crippen LogP contribution >= 0.6 is 0 Å². The lowest BCUT2D eigenvalue weighted by molar-refractivity contribution is -0.123. The number of benzene rings is 3. The summed E-state index contributed by atoms with van der Waals surface area (Å²) in [7, 11) is 0. The lowest BCUT2D eigenvalue weighted by Gasteiger charge is -2.32. The molecule has 7 nitrogen and oxygen atoms in total. The summed E-state index contributed by atoms with van der Waals surface area (Å²) in [6.45, 7) is 8.19. The van der Waals surface area contributed by atoms with Gasteiger partial charge in [-0.05, 0) is 67.6 Å². The first kappa shape index (κ1) is 24.0. The van der Waals surface area contributed by atoms with E-state index in [-0.39, 0.29) is 23.4 Å². The van der Waals surface area contributed by atoms with Crippen molar-refractivity contribution in [2.45, 2.75) is 45.7 Å². The van der Waals surface area contributed by atoms with Crippen molar-refractivity contribution >= 4 is 28.4 Å². The molecule has 3 aliphatic rings. The van der Waals surface area contributed by atoms with Crippen molar-refractivity contribution in [2.24, 2.45) is 17.8 Å². The molecule has 39 heavy (non-hydrogen) atoms. The van der Waals surface area contributed by atoms with Crippen LogP contribution in [0.5, 0.6) is 0 Å². The van der Waals surface area contributed by atoms with Gasteiger partial charge in [-0.15, -0.1) is 0 Å². The Hall–Kier alpha value is -4.10. The summed E-state index contributed by atoms with van der Waals surface area (Å²) in [5, 5.41) is 4.29. The maximum Gasteiger partial charge on any atom is 0.266 e. The van der Waals surface area contributed by atoms with Gasteiger partial charge in [0.05, 0.1) is 34.1 Å². The van der Waals surface area contributed by atoms with Crippen molar-refractivity contribution in [3.8, 4) is 5.69 Å². The number of hydrogen-bond acceptors (Lipinski definition) is 5. The molecule has 7 heteroatoms. The van der Waals surface area contributed by atoms with Crippen molar-refractivity contribution in [1.82, 2.24) is 14.9 Å². The van der Waals surface area contributed by atoms with Gasteiger partial charge in [0.1, 0.15) is 11.4 Å². The summed E-state index contributed by atoms with van der Waals surface area (Å²) in [5.74, 6) is -0.985. The lowest BCUT2D eigenvalue weighted by Crippen LogP contribution is -2.50. The summed E-state index contributed by atoms with van der Waals surface area (Å²) >= 11 is 0. The van der Waals surface area contributed by atoms with Crippen LogP contribution in [0.4, 0.5) is 5.69 Å². The Morgan fingerprint density at radius 1 is 0.923 bits per heavy atom. The predicted octanol–water partition coefficient (Wildman–Crippen LogP) is 4.38. The van der Waals surface area contributed by atoms with E-state index >= 15 is 0 Å². The van der Waals surface area contributed by atoms with E-state index in [0.717, 1.165) is 16.7 Å². The predicted molar refractivity (Wildman–Crippen MR) is 150 cm³/mol. The standard InChI is InChI=1S/C32H30N4O3/c1-17(2)13-24-26-27(30(39)35(29(26)38)20-15-18(3)14-19(4)16-20)32(34-24)22-10-6-8-12-25(22)36-28(37)21-9-5-7-11-23(21)33-31(32)36/h5-12,14-17,24,26-27,34H,13H2,1-4H3. The van der Waals surface area contributed by atoms with E-state index in [2.05, 4.69) is 19.2 Å². The number of aryl methyl sites for hydroxylation is 2. The Morgan fingerprint density at radius 2 is 1.62 bits per heavy atom. The van der Waals surface area contributed by atoms with Crippen LogP contribution in [0.25, 0.3) is 16.6 Å². The van der Waals surface area contributed by atoms with Gasteiger partial charge in [0.15, 0.2) is 0 Å². The Bertz CT molecular complexity index is 1750. The van der Waals surface area contributed by atoms with E-state index in [1.165, 1.54) is 4.90 Å². The fourth-order valence-corrected chi connectivity index (χ4v) is 7.26. The fourth-order valence-electron chi connectivity index (χ4n) is 7.26. The molecule has 2 saturated heterocycles. The van der Waals surface area contributed by atoms with Gasteiger partial charge < -0.3 is 0 Å². The number of hydrogen-bond donors (Lipinski definition) is 1. The highest BCUT2D eigenvalue weighted by molar-refractivity contribution is 6.23. The van der Waals surface area contributed by atoms with Crippen molar-refractivity contribution in [3.63, 3.8) is 0 Å². The van der Waals surface area contributed by atoms with Crippen LogP contribution in [-0.4, -0.2) is 27.4 Å². The first-order valence-corrected chi connectivity index (χ1v) is 13.6. The van der Waals surface area contributed by atoms with E-state index in [9.17, 15) is 14.4 Å². The van der Waals surface area contributed by atoms with E-state index in [4.69, 9.17) is 4.98 Å². The van der Waals surface area contributed by atoms with Gasteiger partial charge in [-0.2, -0.15) is 0 Å². The second-order valence-corrected chi connectivity index (χ2v) is 11.7. The maximum absolute atomic E-state index is 14.5. The number of aromatic nitrogens is 2. The number of carbonyl (C=O) groups excluding carboxylic acids is 2. The fraction of sp³-hybridized carbons (Fsp3) is 0.312. The van der Waals surface area contributed by atoms with E-state index < -0.39 is 17.4 Å². The minimum atomic E-state index is -1.11. The number of nitrogens with zero attached hydrogens (tertiary/aromatic N) is 3. The molecule has 4 heterocycles. The van der Waals surface area contributed by atoms with Crippen LogP contribution in [0.3, 0.4) is 0 Å². The van der Waals surface area contributed by atoms with Crippen LogP contribution < -0.4 is 15.8 Å². The molecule has 2 fully saturated rings. The summed E-state index contributed by atoms with van der Waals surface area (Å²) < 4.78 is 1.65. The average Bonchev–Trinajstić information content (AvgIpc) is 3.46. The van der Waals surface area contributed by atoms with Crippen molar-refractivity contribution in [1.29, 1.82) is 0 Å². The molecule has 2 amide bonds. The van der Waals surface area contributed by atoms with Crippen LogP contribution in [0, 0.1) is 31.6 Å². The Morgan fingerprint density at radius 3 is 2.36 bits per heavy atom. The Labute approximate surface area is 226 Å². The summed E-state index contributed by atoms with van der Waals surface area (Å²) in [4.78, 5) is 49.1. The highest BCUT2D eigenvalue weighted by Crippen LogP contribution is 2.56. The number of amides is 2. The number of nitrogens with one attached hydrogen (secondary N) is 1. The Balaban J connectivity index is 1.52. The molecule has 0 saturated carbocycles. The molecule has 1 aromatic heterocycles. The first-order valence-electron chi connectivity index (χ1n) is 13.6. The molecule has 4 aromatic rings. The topological polar surface area (TPSA) is 84.3 Å². The summed E-state index contributed by atoms with van der Waals surface area (Å²) in [6.07, 6.45) is 0.711. The van der Waals surface area contributed by atoms with Gasteiger partial charge >= 0.3 is 0 Å². The molecule has 4 atom stereocenters. The highest BCUT2D eigenvalue weighted by atomic mass is 16.2. The van der Waals surface area contributed by atoms with E-state index in [0.29, 0.717) is 40.4 Å². The maximum atomic E-state index is 14.5. The molecule has 0 bridgehead atoms. The number of para-hydroxylation sites is 2. The minimum absolute atomic E-state index is 0.173. The van der Waals surface area contributed by atoms with Gasteiger partial charge in [-0.25, -0.2) is 9.88 Å². The van der Waals surface area contributed by atoms with Crippen LogP contribution in [0.2, 0.25) is 0 Å². The third-order valence-corrected chi connectivity index (χ3v) is 8.55. The van der Waals surface area contributed by atoms with Crippen LogP contribution in [-0.2, 0) is 15.1 Å². The summed E-state index contributed by atoms with van der Waals surface area (Å²) in [5.41, 5.74) is 3.40. The highest BCUT2D eigenvalue weighted by Gasteiger charge is 2.69. The molecule has 1 N–H and O–H groups in total. The lowest BCUT2D eigenvalue weighted by atomic mass is 9.75. The number of carbonyl (C=O) groups is 2. The van der Waals surface area contributed by atoms with Gasteiger partial charge in [0.2, 0.25) is 11.8 Å². The molecule has 3 aliphatic heterocycles. The normalized spacial score (nSPS) is 25.2. The summed E-state index contributed by atoms with van der Waals surface area (Å²) in [6, 6.07) is 20.6. The zero-order valence-electron chi connectivity index (χ0n) is 22.4. The molecule has 0 radical (unpaired) electrons. The van der Waals surface area contributed by atoms with Crippen LogP contribution in [0.1, 0.15) is 42.8 Å². The van der Waals surface area contributed by atoms with Gasteiger partial charge in [-0.3, -0.25) is 24.3 Å². The number of anilines is 1. The average molecular weight is 519 g/mol. The van der Waals surface area contributed by atoms with Gasteiger partial charge in [-0.1, -0.05) is 50.2 Å². The monoisotopic (exact) mass is 518 g/mol. The molecule has 7 rings (SSSR count). The first-order chi connectivity index (χ1) is 18.7. The van der Waals surface area contributed by atoms with Crippen molar-refractivity contribution < 1.29 is 9.59 Å². The van der Waals surface area contributed by atoms with E-state index in [1.54, 1.807) is 10.6 Å². The smallest absolute Gasteiger partial charge is 0.266 e. The largest absolute Gasteiger partial charge is 0.297 e. The number of fused-ring (bicyclic) bond motifs is 8. The molecule has 3 aromatic carbocycles. The number of rotatable bonds is 3. The zero-order chi connectivity index (χ0) is 27.2. The third kappa shape index (κ3) is 3.13. The third-order valence-electron chi connectivity index (χ3n) is 8.55. The molecule has 1 spiro atoms. The molecule has 0 aliphatic carbocycles. The molecule has 4 unspecified atom stereocenters. The Kier molecular flexibility index (Phi) is 5.04. The quantitative estimate of drug-likeness (QED) is 0.407. The minimum Gasteiger partial charge on any atom is -0.297 e. The molecular formula is C32H30N4O3. The van der Waals surface area contributed by atoms with E-state index in [1.807, 2.05) is 74.5 Å². The van der Waals surface area contributed by atoms with Gasteiger partial charge in [0.25, 0.3) is 5.56 Å². The van der Waals surface area contributed by atoms with Crippen molar-refractivity contribution in [2.75, 3.05) is 4.90 Å².